The summed E-state index contributed by atoms with van der Waals surface area (Å²) in [7, 11) is 0. The van der Waals surface area contributed by atoms with Crippen LogP contribution in [0.5, 0.6) is 0 Å². The molecule has 0 bridgehead atoms. The van der Waals surface area contributed by atoms with E-state index in [1.807, 2.05) is 0 Å². The molecule has 9 atom stereocenters. The van der Waals surface area contributed by atoms with Crippen LogP contribution in [0.1, 0.15) is 117 Å². The number of aliphatic imine (C=N–C) groups is 5. The van der Waals surface area contributed by atoms with Gasteiger partial charge in [-0.3, -0.25) is 78.3 Å². The number of hydrogen-bond donors (Lipinski definition) is 23. The first-order valence-corrected chi connectivity index (χ1v) is 29.5. The molecule has 90 heavy (non-hydrogen) atoms. The number of nitrogens with one attached hydrogen (secondary N) is 9. The smallest absolute Gasteiger partial charge is 0.256 e. The van der Waals surface area contributed by atoms with Gasteiger partial charge in [0.1, 0.15) is 48.3 Å². The molecular formula is C51H102N28O11. The zero-order chi connectivity index (χ0) is 68.3. The van der Waals surface area contributed by atoms with Crippen molar-refractivity contribution in [1.82, 2.24) is 53.0 Å². The number of hydrogen-bond acceptors (Lipinski definition) is 19. The van der Waals surface area contributed by atoms with Gasteiger partial charge in [0.05, 0.1) is 12.6 Å². The molecule has 0 aromatic rings. The Morgan fingerprint density at radius 3 is 1.00 bits per heavy atom. The topological polar surface area (TPSA) is 702 Å². The molecule has 512 valence electrons. The van der Waals surface area contributed by atoms with Gasteiger partial charge in [0.2, 0.25) is 53.2 Å². The lowest BCUT2D eigenvalue weighted by molar-refractivity contribution is -0.137. The highest BCUT2D eigenvalue weighted by Crippen LogP contribution is 2.11. The Bertz CT molecular complexity index is 2430. The summed E-state index contributed by atoms with van der Waals surface area (Å²) in [5.74, 6) is -9.48. The van der Waals surface area contributed by atoms with Crippen molar-refractivity contribution in [2.45, 2.75) is 172 Å². The van der Waals surface area contributed by atoms with Crippen LogP contribution in [0, 0.1) is 0 Å². The first-order valence-electron chi connectivity index (χ1n) is 29.5. The van der Waals surface area contributed by atoms with Crippen LogP contribution >= 0.6 is 0 Å². The van der Waals surface area contributed by atoms with E-state index >= 15 is 0 Å². The molecule has 0 aliphatic carbocycles. The van der Waals surface area contributed by atoms with Gasteiger partial charge < -0.3 is 122 Å². The molecule has 0 saturated heterocycles. The Labute approximate surface area is 523 Å². The standard InChI is InChI=1S/C51H102N28O11/c1-28(70-41(85)31(71-30(3)81)15-8-21-65-47(55)56)40(84)72-33(16-9-22-66-48(57)58)43(87)74-35(18-11-24-68-50(61)62)45(89)75-34(17-10-23-67-49(59)60)44(88)73-32(13-4-6-19-52)42(86)76-36(14-5-7-20-53)46(90)78-79(26-12-25-69-51(63)64)27-37(82)77-38(29(2)80)39(54)83/h28-29,31-36,38,80H,4-27,52-53H2,1-3H3,(H2,54,83)(H,70,85)(H,71,81)(H,72,84)(H,73,88)(H,74,87)(H,75,89)(H,76,86)(H,77,82)(H,78,90)(H4,55,56,65)(H4,57,58,66)(H4,59,60,67)(H4,61,62,68)(H4,63,64,69)/t28-,29+,31-,32-,33-,34-,35-,36-,38-/m0/s1. The third kappa shape index (κ3) is 38.2. The van der Waals surface area contributed by atoms with Crippen LogP contribution in [-0.4, -0.2) is 212 Å². The zero-order valence-electron chi connectivity index (χ0n) is 51.9. The molecule has 36 N–H and O–H groups in total. The molecule has 0 spiro atoms. The largest absolute Gasteiger partial charge is 0.391 e. The highest BCUT2D eigenvalue weighted by atomic mass is 16.3. The Morgan fingerprint density at radius 1 is 0.389 bits per heavy atom. The monoisotopic (exact) mass is 1280 g/mol. The van der Waals surface area contributed by atoms with E-state index in [0.29, 0.717) is 19.3 Å². The van der Waals surface area contributed by atoms with Crippen molar-refractivity contribution in [2.24, 2.45) is 99.5 Å². The maximum atomic E-state index is 14.6. The number of nitrogens with two attached hydrogens (primary N) is 13. The lowest BCUT2D eigenvalue weighted by Gasteiger charge is -2.29. The van der Waals surface area contributed by atoms with E-state index in [9.17, 15) is 53.1 Å². The lowest BCUT2D eigenvalue weighted by Crippen LogP contribution is -2.60. The van der Waals surface area contributed by atoms with Crippen LogP contribution < -0.4 is 122 Å². The first-order chi connectivity index (χ1) is 42.4. The number of amides is 10. The number of aliphatic hydroxyl groups excluding tert-OH is 1. The molecule has 0 aliphatic heterocycles. The van der Waals surface area contributed by atoms with Crippen molar-refractivity contribution in [3.05, 3.63) is 0 Å². The second-order valence-electron chi connectivity index (χ2n) is 20.9. The number of aliphatic hydroxyl groups is 1. The summed E-state index contributed by atoms with van der Waals surface area (Å²) >= 11 is 0. The molecule has 39 nitrogen and oxygen atoms in total. The second-order valence-corrected chi connectivity index (χ2v) is 20.9. The molecule has 10 amide bonds. The number of primary amides is 1. The third-order valence-electron chi connectivity index (χ3n) is 12.9. The van der Waals surface area contributed by atoms with Crippen LogP contribution in [0.2, 0.25) is 0 Å². The average Bonchev–Trinajstić information content (AvgIpc) is 3.56. The fraction of sp³-hybridized carbons (Fsp3) is 0.706. The van der Waals surface area contributed by atoms with Gasteiger partial charge in [0.25, 0.3) is 5.91 Å². The number of nitrogens with zero attached hydrogens (tertiary/aromatic N) is 6. The maximum Gasteiger partial charge on any atom is 0.256 e. The Hall–Kier alpha value is -9.11. The Morgan fingerprint density at radius 2 is 0.689 bits per heavy atom. The summed E-state index contributed by atoms with van der Waals surface area (Å²) < 4.78 is 0. The molecule has 0 radical (unpaired) electrons. The number of carbonyl (C=O) groups excluding carboxylic acids is 10. The third-order valence-corrected chi connectivity index (χ3v) is 12.9. The SMILES string of the molecule is CC(=O)N[C@@H](CCCN=C(N)N)C(=O)N[C@@H](C)C(=O)N[C@@H](CCCN=C(N)N)C(=O)N[C@@H](CCCN=C(N)N)C(=O)N[C@@H](CCCN=C(N)N)C(=O)N[C@@H](CCCCN)C(=O)N[C@@H](CCCCN)C(=O)NN(CCCN=C(N)N)CC(=O)N[C@H](C(N)=O)[C@@H](C)O. The highest BCUT2D eigenvalue weighted by Gasteiger charge is 2.34. The average molecular weight is 1280 g/mol. The van der Waals surface area contributed by atoms with Gasteiger partial charge in [-0.2, -0.15) is 0 Å². The second kappa shape index (κ2) is 46.1. The van der Waals surface area contributed by atoms with Gasteiger partial charge >= 0.3 is 0 Å². The molecule has 0 unspecified atom stereocenters. The van der Waals surface area contributed by atoms with Gasteiger partial charge in [0.15, 0.2) is 29.8 Å². The summed E-state index contributed by atoms with van der Waals surface area (Å²) in [6, 6.07) is -10.9. The predicted octanol–water partition coefficient (Wildman–Crippen LogP) is -10.8. The van der Waals surface area contributed by atoms with Gasteiger partial charge in [0, 0.05) is 46.2 Å². The molecule has 0 fully saturated rings. The number of unbranched alkanes of at least 4 members (excludes halogenated alkanes) is 2. The summed E-state index contributed by atoms with van der Waals surface area (Å²) in [5.41, 5.74) is 74.6. The minimum Gasteiger partial charge on any atom is -0.391 e. The van der Waals surface area contributed by atoms with Crippen LogP contribution in [-0.2, 0) is 47.9 Å². The van der Waals surface area contributed by atoms with E-state index in [1.165, 1.54) is 25.8 Å². The Kier molecular flexibility index (Phi) is 41.4. The van der Waals surface area contributed by atoms with E-state index in [1.54, 1.807) is 0 Å². The van der Waals surface area contributed by atoms with Crippen molar-refractivity contribution < 1.29 is 53.1 Å². The summed E-state index contributed by atoms with van der Waals surface area (Å²) in [4.78, 5) is 156. The Balaban J connectivity index is 7.27. The first kappa shape index (κ1) is 80.9. The van der Waals surface area contributed by atoms with E-state index in [-0.39, 0.29) is 159 Å². The quantitative estimate of drug-likeness (QED) is 0.0116. The van der Waals surface area contributed by atoms with Gasteiger partial charge in [-0.05, 0) is 123 Å². The van der Waals surface area contributed by atoms with Crippen LogP contribution in [0.25, 0.3) is 0 Å². The molecule has 0 aliphatic rings. The zero-order valence-corrected chi connectivity index (χ0v) is 51.9. The minimum absolute atomic E-state index is 0.00773. The fourth-order valence-electron chi connectivity index (χ4n) is 8.32. The van der Waals surface area contributed by atoms with Crippen molar-refractivity contribution in [1.29, 1.82) is 0 Å². The summed E-state index contributed by atoms with van der Waals surface area (Å²) in [6.07, 6.45) is 0.445. The fourth-order valence-corrected chi connectivity index (χ4v) is 8.32. The highest BCUT2D eigenvalue weighted by molar-refractivity contribution is 5.98. The molecule has 0 heterocycles. The number of guanidine groups is 5. The molecular weight excluding hydrogens is 1180 g/mol. The molecule has 0 aromatic heterocycles. The molecule has 0 saturated carbocycles. The normalized spacial score (nSPS) is 13.8. The molecule has 39 heteroatoms. The minimum atomic E-state index is -1.47. The van der Waals surface area contributed by atoms with E-state index in [0.717, 1.165) is 0 Å². The van der Waals surface area contributed by atoms with E-state index in [4.69, 9.17) is 74.5 Å². The molecule has 0 rings (SSSR count). The number of hydrazine groups is 1. The van der Waals surface area contributed by atoms with E-state index < -0.39 is 120 Å². The number of rotatable bonds is 48. The van der Waals surface area contributed by atoms with Crippen molar-refractivity contribution in [2.75, 3.05) is 58.9 Å². The van der Waals surface area contributed by atoms with Gasteiger partial charge in [-0.15, -0.1) is 0 Å². The summed E-state index contributed by atoms with van der Waals surface area (Å²) in [5, 5.41) is 31.9. The summed E-state index contributed by atoms with van der Waals surface area (Å²) in [6.45, 7) is 3.77. The predicted molar refractivity (Wildman–Crippen MR) is 338 cm³/mol. The number of carbonyl (C=O) groups is 10. The van der Waals surface area contributed by atoms with Crippen molar-refractivity contribution in [3.8, 4) is 0 Å². The lowest BCUT2D eigenvalue weighted by atomic mass is 10.0. The maximum absolute atomic E-state index is 14.6. The molecule has 0 aromatic carbocycles. The van der Waals surface area contributed by atoms with E-state index in [2.05, 4.69) is 72.9 Å². The van der Waals surface area contributed by atoms with Crippen LogP contribution in [0.15, 0.2) is 25.0 Å². The van der Waals surface area contributed by atoms with Crippen LogP contribution in [0.3, 0.4) is 0 Å². The van der Waals surface area contributed by atoms with Gasteiger partial charge in [-0.25, -0.2) is 5.01 Å². The van der Waals surface area contributed by atoms with Gasteiger partial charge in [-0.1, -0.05) is 0 Å². The van der Waals surface area contributed by atoms with Crippen molar-refractivity contribution in [3.63, 3.8) is 0 Å². The van der Waals surface area contributed by atoms with Crippen LogP contribution in [0.4, 0.5) is 0 Å². The van der Waals surface area contributed by atoms with Crippen molar-refractivity contribution >= 4 is 88.9 Å².